The summed E-state index contributed by atoms with van der Waals surface area (Å²) in [5, 5.41) is 0. The van der Waals surface area contributed by atoms with Crippen LogP contribution in [0.4, 0.5) is 0 Å². The van der Waals surface area contributed by atoms with Crippen LogP contribution in [-0.4, -0.2) is 44.9 Å². The fourth-order valence-corrected chi connectivity index (χ4v) is 4.03. The Morgan fingerprint density at radius 1 is 1.35 bits per heavy atom. The van der Waals surface area contributed by atoms with Gasteiger partial charge in [0, 0.05) is 32.1 Å². The highest BCUT2D eigenvalue weighted by Gasteiger charge is 2.27. The summed E-state index contributed by atoms with van der Waals surface area (Å²) in [4.78, 5) is 13.9. The van der Waals surface area contributed by atoms with Gasteiger partial charge in [0.05, 0.1) is 4.90 Å². The van der Waals surface area contributed by atoms with Crippen LogP contribution >= 0.6 is 0 Å². The van der Waals surface area contributed by atoms with Gasteiger partial charge in [0.2, 0.25) is 15.9 Å². The van der Waals surface area contributed by atoms with Crippen LogP contribution in [-0.2, 0) is 21.2 Å². The van der Waals surface area contributed by atoms with E-state index in [0.717, 1.165) is 24.8 Å². The standard InChI is InChI=1S/C16H25N3O3S/c1-2-13-5-7-15(8-6-13)23(21,22)18-14-4-3-11-19(12-14)16(20)9-10-17/h5-8,14,18H,2-4,9-12,17H2,1H3/t14-/m1/s1. The maximum absolute atomic E-state index is 12.5. The van der Waals surface area contributed by atoms with Gasteiger partial charge in [0.1, 0.15) is 0 Å². The molecule has 128 valence electrons. The Hall–Kier alpha value is -1.44. The number of aryl methyl sites for hydroxylation is 1. The van der Waals surface area contributed by atoms with Gasteiger partial charge in [-0.3, -0.25) is 4.79 Å². The quantitative estimate of drug-likeness (QED) is 0.804. The predicted octanol–water partition coefficient (Wildman–Crippen LogP) is 0.867. The molecule has 1 amide bonds. The van der Waals surface area contributed by atoms with Crippen molar-refractivity contribution in [3.63, 3.8) is 0 Å². The molecule has 0 aromatic heterocycles. The number of nitrogens with one attached hydrogen (secondary N) is 1. The zero-order chi connectivity index (χ0) is 16.9. The lowest BCUT2D eigenvalue weighted by molar-refractivity contribution is -0.132. The molecule has 1 aliphatic heterocycles. The molecular formula is C16H25N3O3S. The number of sulfonamides is 1. The van der Waals surface area contributed by atoms with Crippen LogP contribution in [0.1, 0.15) is 31.7 Å². The van der Waals surface area contributed by atoms with E-state index in [0.29, 0.717) is 26.1 Å². The van der Waals surface area contributed by atoms with E-state index < -0.39 is 10.0 Å². The van der Waals surface area contributed by atoms with Crippen LogP contribution in [0.15, 0.2) is 29.2 Å². The number of nitrogens with two attached hydrogens (primary N) is 1. The number of likely N-dealkylation sites (tertiary alicyclic amines) is 1. The number of benzene rings is 1. The number of carbonyl (C=O) groups is 1. The zero-order valence-corrected chi connectivity index (χ0v) is 14.3. The van der Waals surface area contributed by atoms with Crippen molar-refractivity contribution in [1.29, 1.82) is 0 Å². The van der Waals surface area contributed by atoms with Crippen molar-refractivity contribution < 1.29 is 13.2 Å². The van der Waals surface area contributed by atoms with Gasteiger partial charge in [-0.2, -0.15) is 0 Å². The van der Waals surface area contributed by atoms with Crippen LogP contribution in [0.2, 0.25) is 0 Å². The highest BCUT2D eigenvalue weighted by molar-refractivity contribution is 7.89. The SMILES string of the molecule is CCc1ccc(S(=O)(=O)N[C@@H]2CCCN(C(=O)CCN)C2)cc1. The van der Waals surface area contributed by atoms with E-state index in [1.165, 1.54) is 0 Å². The Balaban J connectivity index is 2.02. The van der Waals surface area contributed by atoms with E-state index in [2.05, 4.69) is 4.72 Å². The maximum atomic E-state index is 12.5. The first-order valence-corrected chi connectivity index (χ1v) is 9.53. The highest BCUT2D eigenvalue weighted by Crippen LogP contribution is 2.16. The van der Waals surface area contributed by atoms with Crippen molar-refractivity contribution in [2.45, 2.75) is 43.5 Å². The molecule has 23 heavy (non-hydrogen) atoms. The topological polar surface area (TPSA) is 92.5 Å². The molecule has 1 aromatic carbocycles. The second kappa shape index (κ2) is 7.90. The second-order valence-electron chi connectivity index (χ2n) is 5.84. The summed E-state index contributed by atoms with van der Waals surface area (Å²) in [6.45, 7) is 3.42. The minimum Gasteiger partial charge on any atom is -0.341 e. The predicted molar refractivity (Wildman–Crippen MR) is 89.4 cm³/mol. The van der Waals surface area contributed by atoms with Crippen molar-refractivity contribution in [2.75, 3.05) is 19.6 Å². The summed E-state index contributed by atoms with van der Waals surface area (Å²) in [6.07, 6.45) is 2.70. The van der Waals surface area contributed by atoms with E-state index >= 15 is 0 Å². The third kappa shape index (κ3) is 4.76. The summed E-state index contributed by atoms with van der Waals surface area (Å²) in [7, 11) is -3.56. The Bertz CT molecular complexity index is 628. The van der Waals surface area contributed by atoms with E-state index in [4.69, 9.17) is 5.73 Å². The molecule has 6 nitrogen and oxygen atoms in total. The second-order valence-corrected chi connectivity index (χ2v) is 7.55. The van der Waals surface area contributed by atoms with Crippen molar-refractivity contribution in [3.8, 4) is 0 Å². The smallest absolute Gasteiger partial charge is 0.240 e. The minimum absolute atomic E-state index is 0.0105. The fourth-order valence-electron chi connectivity index (χ4n) is 2.77. The summed E-state index contributed by atoms with van der Waals surface area (Å²) < 4.78 is 27.7. The molecule has 1 aromatic rings. The molecule has 1 heterocycles. The molecule has 0 bridgehead atoms. The maximum Gasteiger partial charge on any atom is 0.240 e. The molecule has 0 spiro atoms. The zero-order valence-electron chi connectivity index (χ0n) is 13.5. The third-order valence-electron chi connectivity index (χ3n) is 4.10. The van der Waals surface area contributed by atoms with Crippen LogP contribution in [0.5, 0.6) is 0 Å². The van der Waals surface area contributed by atoms with Crippen molar-refractivity contribution in [3.05, 3.63) is 29.8 Å². The lowest BCUT2D eigenvalue weighted by atomic mass is 10.1. The van der Waals surface area contributed by atoms with Gasteiger partial charge in [-0.15, -0.1) is 0 Å². The van der Waals surface area contributed by atoms with Crippen LogP contribution in [0.25, 0.3) is 0 Å². The number of amides is 1. The van der Waals surface area contributed by atoms with Crippen molar-refractivity contribution >= 4 is 15.9 Å². The number of rotatable bonds is 6. The minimum atomic E-state index is -3.56. The molecular weight excluding hydrogens is 314 g/mol. The Labute approximate surface area is 138 Å². The lowest BCUT2D eigenvalue weighted by Crippen LogP contribution is -2.49. The summed E-state index contributed by atoms with van der Waals surface area (Å²) in [6, 6.07) is 6.66. The molecule has 0 radical (unpaired) electrons. The molecule has 0 aliphatic carbocycles. The molecule has 0 unspecified atom stereocenters. The summed E-state index contributed by atoms with van der Waals surface area (Å²) in [5.74, 6) is -0.0105. The third-order valence-corrected chi connectivity index (χ3v) is 5.63. The van der Waals surface area contributed by atoms with Gasteiger partial charge in [0.15, 0.2) is 0 Å². The van der Waals surface area contributed by atoms with Crippen molar-refractivity contribution in [1.82, 2.24) is 9.62 Å². The lowest BCUT2D eigenvalue weighted by Gasteiger charge is -2.33. The number of nitrogens with zero attached hydrogens (tertiary/aromatic N) is 1. The first-order chi connectivity index (χ1) is 11.0. The van der Waals surface area contributed by atoms with E-state index in [9.17, 15) is 13.2 Å². The van der Waals surface area contributed by atoms with Crippen molar-refractivity contribution in [2.24, 2.45) is 5.73 Å². The first-order valence-electron chi connectivity index (χ1n) is 8.05. The molecule has 1 saturated heterocycles. The molecule has 1 atom stereocenters. The van der Waals surface area contributed by atoms with Crippen LogP contribution in [0.3, 0.4) is 0 Å². The largest absolute Gasteiger partial charge is 0.341 e. The number of hydrogen-bond acceptors (Lipinski definition) is 4. The van der Waals surface area contributed by atoms with Gasteiger partial charge in [-0.25, -0.2) is 13.1 Å². The summed E-state index contributed by atoms with van der Waals surface area (Å²) in [5.41, 5.74) is 6.51. The van der Waals surface area contributed by atoms with E-state index in [-0.39, 0.29) is 16.8 Å². The fraction of sp³-hybridized carbons (Fsp3) is 0.562. The van der Waals surface area contributed by atoms with Gasteiger partial charge in [-0.05, 0) is 37.0 Å². The molecule has 2 rings (SSSR count). The van der Waals surface area contributed by atoms with Crippen LogP contribution < -0.4 is 10.5 Å². The molecule has 7 heteroatoms. The molecule has 0 saturated carbocycles. The van der Waals surface area contributed by atoms with Gasteiger partial charge >= 0.3 is 0 Å². The van der Waals surface area contributed by atoms with Gasteiger partial charge < -0.3 is 10.6 Å². The van der Waals surface area contributed by atoms with Crippen LogP contribution in [0, 0.1) is 0 Å². The Morgan fingerprint density at radius 3 is 2.65 bits per heavy atom. The molecule has 3 N–H and O–H groups in total. The normalized spacial score (nSPS) is 18.9. The number of piperidine rings is 1. The molecule has 1 aliphatic rings. The monoisotopic (exact) mass is 339 g/mol. The molecule has 1 fully saturated rings. The van der Waals surface area contributed by atoms with E-state index in [1.807, 2.05) is 19.1 Å². The van der Waals surface area contributed by atoms with E-state index in [1.54, 1.807) is 17.0 Å². The first kappa shape index (κ1) is 17.9. The Morgan fingerprint density at radius 2 is 2.04 bits per heavy atom. The Kier molecular flexibility index (Phi) is 6.15. The summed E-state index contributed by atoms with van der Waals surface area (Å²) >= 11 is 0. The average molecular weight is 339 g/mol. The average Bonchev–Trinajstić information content (AvgIpc) is 2.55. The number of carbonyl (C=O) groups excluding carboxylic acids is 1. The van der Waals surface area contributed by atoms with Gasteiger partial charge in [0.25, 0.3) is 0 Å². The van der Waals surface area contributed by atoms with Gasteiger partial charge in [-0.1, -0.05) is 19.1 Å². The number of hydrogen-bond donors (Lipinski definition) is 2. The highest BCUT2D eigenvalue weighted by atomic mass is 32.2.